The highest BCUT2D eigenvalue weighted by atomic mass is 35.5. The Morgan fingerprint density at radius 1 is 0.694 bits per heavy atom. The fourth-order valence-corrected chi connectivity index (χ4v) is 6.20. The molecule has 8 nitrogen and oxygen atoms in total. The topological polar surface area (TPSA) is 112 Å². The number of fused-ring (bicyclic) bond motifs is 2. The van der Waals surface area contributed by atoms with Gasteiger partial charge in [-0.15, -0.1) is 0 Å². The Hall–Kier alpha value is -3.49. The van der Waals surface area contributed by atoms with Crippen LogP contribution in [0.3, 0.4) is 0 Å². The minimum absolute atomic E-state index is 0.0132. The van der Waals surface area contributed by atoms with Gasteiger partial charge in [0.2, 0.25) is 12.2 Å². The van der Waals surface area contributed by atoms with E-state index in [0.717, 1.165) is 12.2 Å². The van der Waals surface area contributed by atoms with Crippen molar-refractivity contribution in [3.8, 4) is 23.0 Å². The van der Waals surface area contributed by atoms with E-state index in [1.165, 1.54) is 20.3 Å². The third-order valence-corrected chi connectivity index (χ3v) is 8.36. The lowest BCUT2D eigenvalue weighted by atomic mass is 9.84. The van der Waals surface area contributed by atoms with Gasteiger partial charge in [-0.1, -0.05) is 76.3 Å². The molecule has 2 aliphatic rings. The number of hydrogen-bond acceptors (Lipinski definition) is 6. The second-order valence-corrected chi connectivity index (χ2v) is 14.0. The fraction of sp³-hybridized carbons (Fsp3) is 0.438. The lowest BCUT2D eigenvalue weighted by molar-refractivity contribution is -0.187. The highest BCUT2D eigenvalue weighted by Crippen LogP contribution is 2.53. The van der Waals surface area contributed by atoms with Crippen LogP contribution in [-0.4, -0.2) is 60.9 Å². The van der Waals surface area contributed by atoms with Crippen LogP contribution in [0, 0.1) is 0 Å². The van der Waals surface area contributed by atoms with Crippen LogP contribution in [0.4, 0.5) is 26.3 Å². The molecular weight excluding hydrogens is 733 g/mol. The summed E-state index contributed by atoms with van der Waals surface area (Å²) in [6, 6.07) is 1.41. The Labute approximate surface area is 292 Å². The summed E-state index contributed by atoms with van der Waals surface area (Å²) >= 11 is 18.8. The Morgan fingerprint density at radius 2 is 1.12 bits per heavy atom. The number of methoxy groups -OCH3 is 2. The number of carboxylic acid groups (broad SMARTS) is 2. The van der Waals surface area contributed by atoms with Crippen molar-refractivity contribution in [2.24, 2.45) is 0 Å². The van der Waals surface area contributed by atoms with Crippen molar-refractivity contribution in [2.75, 3.05) is 14.2 Å². The number of halogens is 9. The van der Waals surface area contributed by atoms with Crippen molar-refractivity contribution in [2.45, 2.75) is 76.9 Å². The van der Waals surface area contributed by atoms with Gasteiger partial charge in [-0.25, -0.2) is 9.59 Å². The molecule has 2 unspecified atom stereocenters. The van der Waals surface area contributed by atoms with Gasteiger partial charge in [0.15, 0.2) is 0 Å². The van der Waals surface area contributed by atoms with Crippen LogP contribution in [-0.2, 0) is 20.4 Å². The smallest absolute Gasteiger partial charge is 0.430 e. The molecule has 0 radical (unpaired) electrons. The molecule has 2 N–H and O–H groups in total. The fourth-order valence-electron chi connectivity index (χ4n) is 5.05. The largest absolute Gasteiger partial charge is 0.495 e. The van der Waals surface area contributed by atoms with Crippen LogP contribution in [0.2, 0.25) is 15.1 Å². The number of carbonyl (C=O) groups is 2. The third kappa shape index (κ3) is 7.96. The zero-order chi connectivity index (χ0) is 37.8. The first-order chi connectivity index (χ1) is 22.2. The molecular formula is C32H31Cl3F6O8. The summed E-state index contributed by atoms with van der Waals surface area (Å²) in [5.41, 5.74) is -2.08. The number of aliphatic carboxylic acids is 2. The van der Waals surface area contributed by atoms with Gasteiger partial charge in [0.1, 0.15) is 23.0 Å². The molecule has 2 atom stereocenters. The van der Waals surface area contributed by atoms with Crippen LogP contribution < -0.4 is 18.9 Å². The number of rotatable bonds is 4. The van der Waals surface area contributed by atoms with E-state index >= 15 is 0 Å². The van der Waals surface area contributed by atoms with Crippen molar-refractivity contribution >= 4 is 58.9 Å². The second-order valence-electron chi connectivity index (χ2n) is 12.9. The van der Waals surface area contributed by atoms with Gasteiger partial charge in [0.25, 0.3) is 0 Å². The first-order valence-electron chi connectivity index (χ1n) is 14.0. The second kappa shape index (κ2) is 13.7. The van der Waals surface area contributed by atoms with Gasteiger partial charge in [-0.3, -0.25) is 0 Å². The number of alkyl halides is 6. The van der Waals surface area contributed by atoms with E-state index in [9.17, 15) is 35.9 Å². The molecule has 2 aliphatic heterocycles. The number of carboxylic acids is 2. The van der Waals surface area contributed by atoms with Gasteiger partial charge < -0.3 is 29.2 Å². The van der Waals surface area contributed by atoms with Crippen molar-refractivity contribution in [1.82, 2.24) is 0 Å². The van der Waals surface area contributed by atoms with Gasteiger partial charge in [-0.05, 0) is 29.0 Å². The van der Waals surface area contributed by atoms with Gasteiger partial charge in [0.05, 0.1) is 40.4 Å². The molecule has 2 aromatic rings. The quantitative estimate of drug-likeness (QED) is 0.297. The molecule has 0 fully saturated rings. The maximum atomic E-state index is 13.2. The SMILES string of the molecule is COc1c(C(C)(C)C)cc2c(c1Cl)C=C(C(=O)O)C(C(F)(F)F)O2.COc1c(Cl)c2c(c(Cl)c1C(C)(C)C)OC(C(F)(F)F)C(C(=O)O)=C2. The molecule has 0 saturated heterocycles. The number of benzene rings is 2. The monoisotopic (exact) mass is 762 g/mol. The molecule has 0 saturated carbocycles. The van der Waals surface area contributed by atoms with Crippen LogP contribution in [0.15, 0.2) is 17.2 Å². The Kier molecular flexibility index (Phi) is 11.1. The van der Waals surface area contributed by atoms with Crippen molar-refractivity contribution in [1.29, 1.82) is 0 Å². The van der Waals surface area contributed by atoms with Gasteiger partial charge >= 0.3 is 24.3 Å². The molecule has 17 heteroatoms. The van der Waals surface area contributed by atoms with E-state index in [1.807, 2.05) is 20.8 Å². The van der Waals surface area contributed by atoms with E-state index in [1.54, 1.807) is 20.8 Å². The van der Waals surface area contributed by atoms with Crippen molar-refractivity contribution in [3.63, 3.8) is 0 Å². The number of hydrogen-bond donors (Lipinski definition) is 2. The van der Waals surface area contributed by atoms with Crippen molar-refractivity contribution in [3.05, 3.63) is 54.5 Å². The molecule has 0 aliphatic carbocycles. The Balaban J connectivity index is 0.000000266. The summed E-state index contributed by atoms with van der Waals surface area (Å²) in [5, 5.41) is 18.0. The van der Waals surface area contributed by atoms with Gasteiger partial charge in [-0.2, -0.15) is 26.3 Å². The standard InChI is InChI=1S/C16H15Cl2F3O4.C16H16ClF3O4/c1-15(2,3)8-10(18)11-6(9(17)12(8)24-4)5-7(14(22)23)13(25-11)16(19,20)21;1-15(2,3)9-6-10-7(11(17)12(9)23-4)5-8(14(21)22)13(24-10)16(18,19)20/h5,13H,1-4H3,(H,22,23);5-6,13H,1-4H3,(H,21,22). The summed E-state index contributed by atoms with van der Waals surface area (Å²) in [7, 11) is 2.72. The molecule has 2 aromatic carbocycles. The molecule has 0 bridgehead atoms. The van der Waals surface area contributed by atoms with Crippen molar-refractivity contribution < 1.29 is 65.1 Å². The first kappa shape index (κ1) is 39.9. The predicted octanol–water partition coefficient (Wildman–Crippen LogP) is 9.53. The van der Waals surface area contributed by atoms with E-state index < -0.39 is 58.5 Å². The highest BCUT2D eigenvalue weighted by Gasteiger charge is 2.51. The molecule has 0 aromatic heterocycles. The van der Waals surface area contributed by atoms with E-state index in [0.29, 0.717) is 11.1 Å². The average Bonchev–Trinajstić information content (AvgIpc) is 2.95. The zero-order valence-electron chi connectivity index (χ0n) is 27.1. The van der Waals surface area contributed by atoms with Crippen LogP contribution in [0.25, 0.3) is 12.2 Å². The van der Waals surface area contributed by atoms with Crippen LogP contribution >= 0.6 is 34.8 Å². The molecule has 0 amide bonds. The average molecular weight is 764 g/mol. The minimum atomic E-state index is -4.93. The van der Waals surface area contributed by atoms with Crippen LogP contribution in [0.1, 0.15) is 63.8 Å². The third-order valence-electron chi connectivity index (χ3n) is 7.25. The first-order valence-corrected chi connectivity index (χ1v) is 15.2. The van der Waals surface area contributed by atoms with Gasteiger partial charge in [0, 0.05) is 22.3 Å². The lowest BCUT2D eigenvalue weighted by Gasteiger charge is -2.32. The normalized spacial score (nSPS) is 17.6. The molecule has 0 spiro atoms. The lowest BCUT2D eigenvalue weighted by Crippen LogP contribution is -2.40. The summed E-state index contributed by atoms with van der Waals surface area (Å²) in [6.07, 6.45) is -13.3. The molecule has 270 valence electrons. The predicted molar refractivity (Wildman–Crippen MR) is 171 cm³/mol. The van der Waals surface area contributed by atoms with E-state index in [4.69, 9.17) is 64.0 Å². The number of ether oxygens (including phenoxy) is 4. The zero-order valence-corrected chi connectivity index (χ0v) is 29.4. The summed E-state index contributed by atoms with van der Waals surface area (Å²) in [6.45, 7) is 10.9. The minimum Gasteiger partial charge on any atom is -0.495 e. The molecule has 49 heavy (non-hydrogen) atoms. The Morgan fingerprint density at radius 3 is 1.51 bits per heavy atom. The summed E-state index contributed by atoms with van der Waals surface area (Å²) in [4.78, 5) is 22.4. The molecule has 4 rings (SSSR count). The van der Waals surface area contributed by atoms with E-state index in [-0.39, 0.29) is 49.2 Å². The maximum Gasteiger partial charge on any atom is 0.430 e. The maximum absolute atomic E-state index is 13.2. The van der Waals surface area contributed by atoms with E-state index in [2.05, 4.69) is 0 Å². The van der Waals surface area contributed by atoms with Crippen LogP contribution in [0.5, 0.6) is 23.0 Å². The Bertz CT molecular complexity index is 1730. The summed E-state index contributed by atoms with van der Waals surface area (Å²) < 4.78 is 99.6. The highest BCUT2D eigenvalue weighted by molar-refractivity contribution is 6.38. The molecule has 2 heterocycles. The summed E-state index contributed by atoms with van der Waals surface area (Å²) in [5.74, 6) is -3.49.